The molecule has 0 aliphatic rings. The molecule has 1 rings (SSSR count). The van der Waals surface area contributed by atoms with E-state index in [4.69, 9.17) is 4.55 Å². The van der Waals surface area contributed by atoms with Crippen molar-refractivity contribution in [3.63, 3.8) is 0 Å². The van der Waals surface area contributed by atoms with Gasteiger partial charge in [-0.3, -0.25) is 9.35 Å². The lowest BCUT2D eigenvalue weighted by molar-refractivity contribution is -0.164. The highest BCUT2D eigenvalue weighted by Crippen LogP contribution is 2.13. The summed E-state index contributed by atoms with van der Waals surface area (Å²) in [5.74, 6) is -2.35. The lowest BCUT2D eigenvalue weighted by Gasteiger charge is -2.12. The van der Waals surface area contributed by atoms with Gasteiger partial charge in [-0.1, -0.05) is 69.7 Å². The van der Waals surface area contributed by atoms with E-state index in [1.165, 1.54) is 44.1 Å². The summed E-state index contributed by atoms with van der Waals surface area (Å²) < 4.78 is 34.2. The standard InChI is InChI=1S/C19H30O6S/c1-2-3-4-5-6-7-8-9-16-10-12-17(13-11-16)14-18(20)25-19(21)15-26(22,23)24/h10-13,18,20H,2-9,14-15H2,1H3,(H,22,23,24). The first-order valence-corrected chi connectivity index (χ1v) is 10.8. The second-order valence-electron chi connectivity index (χ2n) is 6.56. The molecule has 0 bridgehead atoms. The van der Waals surface area contributed by atoms with Crippen LogP contribution in [0.15, 0.2) is 24.3 Å². The average Bonchev–Trinajstić information content (AvgIpc) is 2.53. The first kappa shape index (κ1) is 22.6. The van der Waals surface area contributed by atoms with Crippen LogP contribution in [0.2, 0.25) is 0 Å². The molecule has 0 radical (unpaired) electrons. The lowest BCUT2D eigenvalue weighted by atomic mass is 10.0. The van der Waals surface area contributed by atoms with E-state index in [9.17, 15) is 18.3 Å². The number of esters is 1. The number of hydrogen-bond acceptors (Lipinski definition) is 5. The number of carbonyl (C=O) groups is 1. The van der Waals surface area contributed by atoms with Crippen molar-refractivity contribution < 1.29 is 27.6 Å². The summed E-state index contributed by atoms with van der Waals surface area (Å²) in [5, 5.41) is 9.68. The minimum atomic E-state index is -4.45. The van der Waals surface area contributed by atoms with Gasteiger partial charge in [-0.05, 0) is 24.0 Å². The van der Waals surface area contributed by atoms with E-state index < -0.39 is 28.1 Å². The average molecular weight is 387 g/mol. The van der Waals surface area contributed by atoms with Crippen molar-refractivity contribution in [2.75, 3.05) is 5.75 Å². The number of hydrogen-bond donors (Lipinski definition) is 2. The summed E-state index contributed by atoms with van der Waals surface area (Å²) in [7, 11) is -4.45. The van der Waals surface area contributed by atoms with Crippen molar-refractivity contribution in [1.29, 1.82) is 0 Å². The molecule has 26 heavy (non-hydrogen) atoms. The Hall–Kier alpha value is -1.44. The Labute approximate surface area is 156 Å². The molecule has 0 heterocycles. The van der Waals surface area contributed by atoms with Crippen LogP contribution in [-0.4, -0.2) is 36.1 Å². The third kappa shape index (κ3) is 11.2. The number of aliphatic hydroxyl groups excluding tert-OH is 1. The number of aryl methyl sites for hydroxylation is 1. The van der Waals surface area contributed by atoms with Gasteiger partial charge in [0.2, 0.25) is 6.29 Å². The predicted octanol–water partition coefficient (Wildman–Crippen LogP) is 3.27. The number of unbranched alkanes of at least 4 members (excludes halogenated alkanes) is 6. The van der Waals surface area contributed by atoms with Gasteiger partial charge in [0.25, 0.3) is 10.1 Å². The molecule has 148 valence electrons. The van der Waals surface area contributed by atoms with Crippen LogP contribution in [0, 0.1) is 0 Å². The van der Waals surface area contributed by atoms with Crippen LogP contribution in [0.3, 0.4) is 0 Å². The zero-order valence-electron chi connectivity index (χ0n) is 15.4. The quantitative estimate of drug-likeness (QED) is 0.233. The van der Waals surface area contributed by atoms with Gasteiger partial charge in [-0.2, -0.15) is 8.42 Å². The zero-order valence-corrected chi connectivity index (χ0v) is 16.2. The second-order valence-corrected chi connectivity index (χ2v) is 8.02. The Balaban J connectivity index is 2.28. The van der Waals surface area contributed by atoms with E-state index in [1.807, 2.05) is 24.3 Å². The number of benzene rings is 1. The SMILES string of the molecule is CCCCCCCCCc1ccc(CC(O)OC(=O)CS(=O)(=O)O)cc1. The predicted molar refractivity (Wildman–Crippen MR) is 100 cm³/mol. The van der Waals surface area contributed by atoms with Gasteiger partial charge in [0.05, 0.1) is 0 Å². The molecular formula is C19H30O6S. The highest BCUT2D eigenvalue weighted by atomic mass is 32.2. The van der Waals surface area contributed by atoms with E-state index in [2.05, 4.69) is 11.7 Å². The minimum Gasteiger partial charge on any atom is -0.435 e. The molecule has 0 saturated carbocycles. The Kier molecular flexibility index (Phi) is 10.5. The summed E-state index contributed by atoms with van der Waals surface area (Å²) >= 11 is 0. The van der Waals surface area contributed by atoms with Crippen molar-refractivity contribution in [1.82, 2.24) is 0 Å². The Morgan fingerprint density at radius 3 is 2.12 bits per heavy atom. The molecule has 0 fully saturated rings. The molecule has 1 atom stereocenters. The van der Waals surface area contributed by atoms with Crippen molar-refractivity contribution in [2.24, 2.45) is 0 Å². The van der Waals surface area contributed by atoms with Gasteiger partial charge in [0.1, 0.15) is 0 Å². The largest absolute Gasteiger partial charge is 0.435 e. The topological polar surface area (TPSA) is 101 Å². The third-order valence-electron chi connectivity index (χ3n) is 4.07. The molecule has 0 saturated heterocycles. The van der Waals surface area contributed by atoms with Crippen molar-refractivity contribution in [3.8, 4) is 0 Å². The number of rotatable bonds is 13. The van der Waals surface area contributed by atoms with Gasteiger partial charge < -0.3 is 9.84 Å². The van der Waals surface area contributed by atoms with Crippen molar-refractivity contribution >= 4 is 16.1 Å². The van der Waals surface area contributed by atoms with Crippen LogP contribution >= 0.6 is 0 Å². The number of aliphatic hydroxyl groups is 1. The molecule has 2 N–H and O–H groups in total. The fourth-order valence-corrected chi connectivity index (χ4v) is 3.07. The summed E-state index contributed by atoms with van der Waals surface area (Å²) in [6.45, 7) is 2.21. The van der Waals surface area contributed by atoms with Crippen LogP contribution in [0.1, 0.15) is 63.0 Å². The van der Waals surface area contributed by atoms with Gasteiger partial charge in [-0.15, -0.1) is 0 Å². The molecule has 1 aromatic carbocycles. The second kappa shape index (κ2) is 12.0. The normalized spacial score (nSPS) is 12.7. The molecular weight excluding hydrogens is 356 g/mol. The summed E-state index contributed by atoms with van der Waals surface area (Å²) in [6.07, 6.45) is 8.50. The smallest absolute Gasteiger partial charge is 0.325 e. The number of carbonyl (C=O) groups excluding carboxylic acids is 1. The van der Waals surface area contributed by atoms with Gasteiger partial charge >= 0.3 is 5.97 Å². The molecule has 6 nitrogen and oxygen atoms in total. The molecule has 0 aromatic heterocycles. The van der Waals surface area contributed by atoms with E-state index in [1.54, 1.807) is 0 Å². The summed E-state index contributed by atoms with van der Waals surface area (Å²) in [4.78, 5) is 11.2. The first-order chi connectivity index (χ1) is 12.3. The van der Waals surface area contributed by atoms with Crippen LogP contribution < -0.4 is 0 Å². The van der Waals surface area contributed by atoms with E-state index in [0.717, 1.165) is 18.4 Å². The van der Waals surface area contributed by atoms with Gasteiger partial charge in [0.15, 0.2) is 5.75 Å². The van der Waals surface area contributed by atoms with Crippen LogP contribution in [-0.2, 0) is 32.5 Å². The Morgan fingerprint density at radius 1 is 1.00 bits per heavy atom. The fraction of sp³-hybridized carbons (Fsp3) is 0.632. The van der Waals surface area contributed by atoms with E-state index in [0.29, 0.717) is 0 Å². The van der Waals surface area contributed by atoms with Crippen molar-refractivity contribution in [3.05, 3.63) is 35.4 Å². The molecule has 0 aliphatic heterocycles. The van der Waals surface area contributed by atoms with Gasteiger partial charge in [-0.25, -0.2) is 0 Å². The third-order valence-corrected chi connectivity index (χ3v) is 4.67. The molecule has 7 heteroatoms. The van der Waals surface area contributed by atoms with Crippen LogP contribution in [0.25, 0.3) is 0 Å². The molecule has 0 aliphatic carbocycles. The van der Waals surface area contributed by atoms with Gasteiger partial charge in [0, 0.05) is 6.42 Å². The summed E-state index contributed by atoms with van der Waals surface area (Å²) in [5.41, 5.74) is 2.00. The van der Waals surface area contributed by atoms with Crippen LogP contribution in [0.5, 0.6) is 0 Å². The molecule has 1 aromatic rings. The minimum absolute atomic E-state index is 0.0644. The fourth-order valence-electron chi connectivity index (χ4n) is 2.71. The monoisotopic (exact) mass is 386 g/mol. The van der Waals surface area contributed by atoms with Crippen LogP contribution in [0.4, 0.5) is 0 Å². The molecule has 1 unspecified atom stereocenters. The maximum atomic E-state index is 11.2. The Morgan fingerprint density at radius 2 is 1.54 bits per heavy atom. The van der Waals surface area contributed by atoms with E-state index in [-0.39, 0.29) is 6.42 Å². The summed E-state index contributed by atoms with van der Waals surface area (Å²) in [6, 6.07) is 7.69. The maximum Gasteiger partial charge on any atom is 0.325 e. The molecule has 0 spiro atoms. The van der Waals surface area contributed by atoms with E-state index >= 15 is 0 Å². The Bertz CT molecular complexity index is 624. The lowest BCUT2D eigenvalue weighted by Crippen LogP contribution is -2.25. The highest BCUT2D eigenvalue weighted by Gasteiger charge is 2.18. The number of ether oxygens (including phenoxy) is 1. The maximum absolute atomic E-state index is 11.2. The first-order valence-electron chi connectivity index (χ1n) is 9.20. The van der Waals surface area contributed by atoms with Crippen molar-refractivity contribution in [2.45, 2.75) is 71.0 Å². The molecule has 0 amide bonds. The highest BCUT2D eigenvalue weighted by molar-refractivity contribution is 7.86. The zero-order chi connectivity index (χ0) is 19.4.